The highest BCUT2D eigenvalue weighted by molar-refractivity contribution is 5.27. The second kappa shape index (κ2) is 5.61. The summed E-state index contributed by atoms with van der Waals surface area (Å²) in [7, 11) is 3.91. The highest BCUT2D eigenvalue weighted by Crippen LogP contribution is 2.25. The Morgan fingerprint density at radius 2 is 2.24 bits per heavy atom. The van der Waals surface area contributed by atoms with Gasteiger partial charge in [0, 0.05) is 18.7 Å². The molecule has 17 heavy (non-hydrogen) atoms. The van der Waals surface area contributed by atoms with Crippen molar-refractivity contribution in [2.45, 2.75) is 25.3 Å². The molecule has 0 saturated carbocycles. The molecule has 1 atom stereocenters. The molecule has 0 amide bonds. The molecule has 0 aliphatic carbocycles. The summed E-state index contributed by atoms with van der Waals surface area (Å²) >= 11 is 0. The van der Waals surface area contributed by atoms with Gasteiger partial charge in [0.2, 0.25) is 0 Å². The third-order valence-electron chi connectivity index (χ3n) is 3.33. The summed E-state index contributed by atoms with van der Waals surface area (Å²) in [4.78, 5) is 1.99. The molecular weight excluding hydrogens is 215 g/mol. The van der Waals surface area contributed by atoms with Crippen molar-refractivity contribution in [3.8, 4) is 0 Å². The summed E-state index contributed by atoms with van der Waals surface area (Å²) in [5.74, 6) is 0.411. The van der Waals surface area contributed by atoms with E-state index in [2.05, 4.69) is 11.4 Å². The molecule has 1 aliphatic rings. The van der Waals surface area contributed by atoms with Gasteiger partial charge in [-0.15, -0.1) is 0 Å². The molecule has 0 aromatic heterocycles. The molecule has 1 N–H and O–H groups in total. The van der Waals surface area contributed by atoms with Crippen LogP contribution < -0.4 is 5.32 Å². The number of hydrogen-bond acceptors (Lipinski definition) is 2. The van der Waals surface area contributed by atoms with Crippen LogP contribution in [-0.2, 0) is 6.54 Å². The van der Waals surface area contributed by atoms with Crippen LogP contribution in [0.5, 0.6) is 0 Å². The molecule has 1 aromatic carbocycles. The van der Waals surface area contributed by atoms with Gasteiger partial charge in [-0.05, 0) is 51.0 Å². The van der Waals surface area contributed by atoms with Crippen molar-refractivity contribution in [1.29, 1.82) is 0 Å². The van der Waals surface area contributed by atoms with Crippen molar-refractivity contribution in [2.75, 3.05) is 27.2 Å². The molecule has 0 spiro atoms. The van der Waals surface area contributed by atoms with E-state index in [9.17, 15) is 4.39 Å². The minimum Gasteiger partial charge on any atom is -0.316 e. The van der Waals surface area contributed by atoms with Crippen LogP contribution in [-0.4, -0.2) is 32.1 Å². The van der Waals surface area contributed by atoms with E-state index in [1.807, 2.05) is 25.1 Å². The van der Waals surface area contributed by atoms with Gasteiger partial charge in [-0.3, -0.25) is 0 Å². The van der Waals surface area contributed by atoms with E-state index in [-0.39, 0.29) is 5.82 Å². The van der Waals surface area contributed by atoms with Crippen LogP contribution in [0.4, 0.5) is 4.39 Å². The van der Waals surface area contributed by atoms with Crippen molar-refractivity contribution >= 4 is 0 Å². The molecule has 2 nitrogen and oxygen atoms in total. The predicted molar refractivity (Wildman–Crippen MR) is 68.6 cm³/mol. The number of rotatable bonds is 3. The Bertz CT molecular complexity index is 370. The van der Waals surface area contributed by atoms with Gasteiger partial charge in [0.1, 0.15) is 5.82 Å². The average Bonchev–Trinajstić information content (AvgIpc) is 2.32. The maximum Gasteiger partial charge on any atom is 0.127 e. The molecule has 1 fully saturated rings. The Morgan fingerprint density at radius 1 is 1.41 bits per heavy atom. The molecule has 1 saturated heterocycles. The lowest BCUT2D eigenvalue weighted by Crippen LogP contribution is -2.28. The van der Waals surface area contributed by atoms with Gasteiger partial charge >= 0.3 is 0 Å². The Morgan fingerprint density at radius 3 is 2.82 bits per heavy atom. The molecule has 2 rings (SSSR count). The molecule has 0 radical (unpaired) electrons. The lowest BCUT2D eigenvalue weighted by atomic mass is 9.91. The first-order valence-electron chi connectivity index (χ1n) is 6.30. The van der Waals surface area contributed by atoms with Gasteiger partial charge in [-0.2, -0.15) is 0 Å². The Balaban J connectivity index is 2.12. The van der Waals surface area contributed by atoms with Crippen LogP contribution >= 0.6 is 0 Å². The maximum atomic E-state index is 13.9. The zero-order chi connectivity index (χ0) is 12.3. The predicted octanol–water partition coefficient (Wildman–Crippen LogP) is 2.35. The van der Waals surface area contributed by atoms with E-state index >= 15 is 0 Å². The zero-order valence-electron chi connectivity index (χ0n) is 10.7. The van der Waals surface area contributed by atoms with Crippen LogP contribution in [0.3, 0.4) is 0 Å². The summed E-state index contributed by atoms with van der Waals surface area (Å²) in [5, 5.41) is 3.37. The Kier molecular flexibility index (Phi) is 4.13. The first-order valence-corrected chi connectivity index (χ1v) is 6.30. The number of piperidine rings is 1. The standard InChI is InChI=1S/C14H21FN2/c1-17(2)10-13-6-5-11(8-14(13)15)12-4-3-7-16-9-12/h5-6,8,12,16H,3-4,7,9-10H2,1-2H3. The Hall–Kier alpha value is -0.930. The van der Waals surface area contributed by atoms with Gasteiger partial charge in [0.15, 0.2) is 0 Å². The number of hydrogen-bond donors (Lipinski definition) is 1. The van der Waals surface area contributed by atoms with Crippen molar-refractivity contribution in [3.63, 3.8) is 0 Å². The van der Waals surface area contributed by atoms with E-state index in [4.69, 9.17) is 0 Å². The third-order valence-corrected chi connectivity index (χ3v) is 3.33. The molecule has 0 bridgehead atoms. The molecular formula is C14H21FN2. The van der Waals surface area contributed by atoms with Gasteiger partial charge in [0.05, 0.1) is 0 Å². The highest BCUT2D eigenvalue weighted by atomic mass is 19.1. The SMILES string of the molecule is CN(C)Cc1ccc(C2CCCNC2)cc1F. The van der Waals surface area contributed by atoms with Crippen LogP contribution in [0, 0.1) is 5.82 Å². The first kappa shape index (κ1) is 12.5. The summed E-state index contributed by atoms with van der Waals surface area (Å²) < 4.78 is 13.9. The fourth-order valence-electron chi connectivity index (χ4n) is 2.42. The normalized spacial score (nSPS) is 20.8. The average molecular weight is 236 g/mol. The monoisotopic (exact) mass is 236 g/mol. The van der Waals surface area contributed by atoms with Crippen LogP contribution in [0.25, 0.3) is 0 Å². The summed E-state index contributed by atoms with van der Waals surface area (Å²) in [6.07, 6.45) is 2.35. The van der Waals surface area contributed by atoms with E-state index in [1.165, 1.54) is 12.8 Å². The second-order valence-electron chi connectivity index (χ2n) is 5.13. The Labute approximate surface area is 103 Å². The van der Waals surface area contributed by atoms with E-state index in [1.54, 1.807) is 6.07 Å². The number of halogens is 1. The summed E-state index contributed by atoms with van der Waals surface area (Å²) in [6, 6.07) is 5.73. The lowest BCUT2D eigenvalue weighted by molar-refractivity contribution is 0.392. The van der Waals surface area contributed by atoms with Crippen molar-refractivity contribution < 1.29 is 4.39 Å². The topological polar surface area (TPSA) is 15.3 Å². The van der Waals surface area contributed by atoms with Gasteiger partial charge in [0.25, 0.3) is 0 Å². The minimum absolute atomic E-state index is 0.0678. The molecule has 1 aromatic rings. The van der Waals surface area contributed by atoms with E-state index < -0.39 is 0 Å². The smallest absolute Gasteiger partial charge is 0.127 e. The third kappa shape index (κ3) is 3.27. The molecule has 1 unspecified atom stereocenters. The lowest BCUT2D eigenvalue weighted by Gasteiger charge is -2.23. The fourth-order valence-corrected chi connectivity index (χ4v) is 2.42. The van der Waals surface area contributed by atoms with E-state index in [0.717, 1.165) is 24.2 Å². The molecule has 1 heterocycles. The second-order valence-corrected chi connectivity index (χ2v) is 5.13. The quantitative estimate of drug-likeness (QED) is 0.866. The van der Waals surface area contributed by atoms with Crippen LogP contribution in [0.2, 0.25) is 0 Å². The molecule has 3 heteroatoms. The van der Waals surface area contributed by atoms with Crippen molar-refractivity contribution in [2.24, 2.45) is 0 Å². The molecule has 94 valence electrons. The van der Waals surface area contributed by atoms with Crippen molar-refractivity contribution in [1.82, 2.24) is 10.2 Å². The van der Waals surface area contributed by atoms with Crippen LogP contribution in [0.15, 0.2) is 18.2 Å². The number of nitrogens with zero attached hydrogens (tertiary/aromatic N) is 1. The molecule has 1 aliphatic heterocycles. The van der Waals surface area contributed by atoms with Gasteiger partial charge < -0.3 is 10.2 Å². The summed E-state index contributed by atoms with van der Waals surface area (Å²) in [6.45, 7) is 2.74. The largest absolute Gasteiger partial charge is 0.316 e. The van der Waals surface area contributed by atoms with Gasteiger partial charge in [-0.1, -0.05) is 12.1 Å². The number of benzene rings is 1. The fraction of sp³-hybridized carbons (Fsp3) is 0.571. The minimum atomic E-state index is -0.0678. The van der Waals surface area contributed by atoms with Crippen molar-refractivity contribution in [3.05, 3.63) is 35.1 Å². The van der Waals surface area contributed by atoms with Gasteiger partial charge in [-0.25, -0.2) is 4.39 Å². The first-order chi connectivity index (χ1) is 8.16. The van der Waals surface area contributed by atoms with E-state index in [0.29, 0.717) is 12.5 Å². The van der Waals surface area contributed by atoms with Crippen LogP contribution in [0.1, 0.15) is 29.9 Å². The zero-order valence-corrected chi connectivity index (χ0v) is 10.7. The maximum absolute atomic E-state index is 13.9. The summed E-state index contributed by atoms with van der Waals surface area (Å²) in [5.41, 5.74) is 1.92. The highest BCUT2D eigenvalue weighted by Gasteiger charge is 2.16. The number of nitrogens with one attached hydrogen (secondary N) is 1.